The van der Waals surface area contributed by atoms with E-state index in [4.69, 9.17) is 0 Å². The molecule has 0 aromatic heterocycles. The summed E-state index contributed by atoms with van der Waals surface area (Å²) >= 11 is 0. The number of rotatable bonds is 7. The number of halogens is 1. The fourth-order valence-corrected chi connectivity index (χ4v) is 4.74. The van der Waals surface area contributed by atoms with Crippen LogP contribution in [0.2, 0.25) is 0 Å². The van der Waals surface area contributed by atoms with Crippen LogP contribution in [0.4, 0.5) is 4.39 Å². The molecule has 3 fully saturated rings. The Kier molecular flexibility index (Phi) is 6.48. The van der Waals surface area contributed by atoms with Gasteiger partial charge >= 0.3 is 0 Å². The maximum absolute atomic E-state index is 13.1. The van der Waals surface area contributed by atoms with E-state index < -0.39 is 0 Å². The molecule has 4 rings (SSSR count). The van der Waals surface area contributed by atoms with Crippen molar-refractivity contribution in [1.82, 2.24) is 15.1 Å². The quantitative estimate of drug-likeness (QED) is 0.763. The van der Waals surface area contributed by atoms with Gasteiger partial charge in [0.2, 0.25) is 5.91 Å². The summed E-state index contributed by atoms with van der Waals surface area (Å²) in [6, 6.07) is 6.22. The van der Waals surface area contributed by atoms with Crippen LogP contribution in [0, 0.1) is 11.7 Å². The lowest BCUT2D eigenvalue weighted by Crippen LogP contribution is -2.46. The Bertz CT molecular complexity index is 713. The van der Waals surface area contributed by atoms with Gasteiger partial charge in [-0.1, -0.05) is 0 Å². The van der Waals surface area contributed by atoms with Crippen molar-refractivity contribution >= 4 is 11.8 Å². The zero-order chi connectivity index (χ0) is 20.2. The largest absolute Gasteiger partial charge is 0.350 e. The smallest absolute Gasteiger partial charge is 0.251 e. The van der Waals surface area contributed by atoms with Crippen LogP contribution < -0.4 is 5.32 Å². The third kappa shape index (κ3) is 5.35. The van der Waals surface area contributed by atoms with Gasteiger partial charge in [-0.2, -0.15) is 0 Å². The van der Waals surface area contributed by atoms with Gasteiger partial charge in [0, 0.05) is 50.2 Å². The Morgan fingerprint density at radius 3 is 2.34 bits per heavy atom. The van der Waals surface area contributed by atoms with Gasteiger partial charge in [-0.3, -0.25) is 14.5 Å². The zero-order valence-corrected chi connectivity index (χ0v) is 17.1. The van der Waals surface area contributed by atoms with E-state index >= 15 is 0 Å². The van der Waals surface area contributed by atoms with Gasteiger partial charge in [0.05, 0.1) is 0 Å². The number of hydrogen-bond acceptors (Lipinski definition) is 3. The standard InChI is InChI=1S/C23H32FN3O2/c24-19-8-6-18(7-9-19)23(29)25-15-21-11-10-20(27(21)16-17-4-5-17)14-22(28)26-12-2-1-3-13-26/h6-9,17,20-21H,1-5,10-16H2,(H,25,29)/t20-,21+/m1/s1. The average molecular weight is 402 g/mol. The maximum Gasteiger partial charge on any atom is 0.251 e. The van der Waals surface area contributed by atoms with Gasteiger partial charge in [-0.05, 0) is 75.1 Å². The molecule has 0 radical (unpaired) electrons. The van der Waals surface area contributed by atoms with Crippen molar-refractivity contribution in [1.29, 1.82) is 0 Å². The third-order valence-electron chi connectivity index (χ3n) is 6.66. The van der Waals surface area contributed by atoms with Gasteiger partial charge in [0.1, 0.15) is 5.82 Å². The molecule has 0 spiro atoms. The minimum atomic E-state index is -0.339. The van der Waals surface area contributed by atoms with Crippen molar-refractivity contribution in [3.8, 4) is 0 Å². The summed E-state index contributed by atoms with van der Waals surface area (Å²) in [7, 11) is 0. The molecule has 6 heteroatoms. The molecule has 2 atom stereocenters. The summed E-state index contributed by atoms with van der Waals surface area (Å²) < 4.78 is 13.1. The molecule has 2 aliphatic heterocycles. The van der Waals surface area contributed by atoms with Crippen LogP contribution in [0.3, 0.4) is 0 Å². The first-order chi connectivity index (χ1) is 14.1. The van der Waals surface area contributed by atoms with Crippen molar-refractivity contribution in [3.63, 3.8) is 0 Å². The summed E-state index contributed by atoms with van der Waals surface area (Å²) in [6.07, 6.45) is 8.67. The van der Waals surface area contributed by atoms with Crippen LogP contribution in [-0.4, -0.2) is 59.9 Å². The van der Waals surface area contributed by atoms with Crippen LogP contribution in [0.1, 0.15) is 61.7 Å². The highest BCUT2D eigenvalue weighted by Crippen LogP contribution is 2.35. The second-order valence-electron chi connectivity index (χ2n) is 8.89. The van der Waals surface area contributed by atoms with Crippen molar-refractivity contribution in [2.45, 2.75) is 63.5 Å². The average Bonchev–Trinajstić information content (AvgIpc) is 3.49. The minimum absolute atomic E-state index is 0.163. The first-order valence-electron chi connectivity index (χ1n) is 11.2. The molecule has 158 valence electrons. The second kappa shape index (κ2) is 9.24. The van der Waals surface area contributed by atoms with Crippen molar-refractivity contribution in [3.05, 3.63) is 35.6 Å². The molecule has 5 nitrogen and oxygen atoms in total. The highest BCUT2D eigenvalue weighted by molar-refractivity contribution is 5.94. The van der Waals surface area contributed by atoms with Crippen molar-refractivity contribution < 1.29 is 14.0 Å². The number of carbonyl (C=O) groups is 2. The van der Waals surface area contributed by atoms with Crippen molar-refractivity contribution in [2.24, 2.45) is 5.92 Å². The fraction of sp³-hybridized carbons (Fsp3) is 0.652. The van der Waals surface area contributed by atoms with E-state index in [1.165, 1.54) is 43.5 Å². The van der Waals surface area contributed by atoms with Crippen LogP contribution in [0.5, 0.6) is 0 Å². The molecule has 1 aliphatic carbocycles. The molecule has 2 amide bonds. The topological polar surface area (TPSA) is 52.7 Å². The highest BCUT2D eigenvalue weighted by Gasteiger charge is 2.38. The summed E-state index contributed by atoms with van der Waals surface area (Å²) in [5, 5.41) is 3.02. The molecule has 1 aromatic rings. The second-order valence-corrected chi connectivity index (χ2v) is 8.89. The number of nitrogens with one attached hydrogen (secondary N) is 1. The molecule has 0 bridgehead atoms. The Labute approximate surface area is 172 Å². The molecule has 3 aliphatic rings. The third-order valence-corrected chi connectivity index (χ3v) is 6.66. The van der Waals surface area contributed by atoms with E-state index in [-0.39, 0.29) is 23.8 Å². The molecule has 0 unspecified atom stereocenters. The number of piperidine rings is 1. The Balaban J connectivity index is 1.33. The molecule has 1 N–H and O–H groups in total. The lowest BCUT2D eigenvalue weighted by molar-refractivity contribution is -0.133. The molecule has 2 saturated heterocycles. The number of carbonyl (C=O) groups excluding carboxylic acids is 2. The van der Waals surface area contributed by atoms with Gasteiger partial charge in [-0.25, -0.2) is 4.39 Å². The Morgan fingerprint density at radius 1 is 0.966 bits per heavy atom. The molecular formula is C23H32FN3O2. The minimum Gasteiger partial charge on any atom is -0.350 e. The van der Waals surface area contributed by atoms with Gasteiger partial charge in [-0.15, -0.1) is 0 Å². The molecular weight excluding hydrogens is 369 g/mol. The first-order valence-corrected chi connectivity index (χ1v) is 11.2. The van der Waals surface area contributed by atoms with Gasteiger partial charge in [0.15, 0.2) is 0 Å². The van der Waals surface area contributed by atoms with Gasteiger partial charge < -0.3 is 10.2 Å². The fourth-order valence-electron chi connectivity index (χ4n) is 4.74. The SMILES string of the molecule is O=C(NC[C@@H]1CC[C@H](CC(=O)N2CCCCC2)N1CC1CC1)c1ccc(F)cc1. The van der Waals surface area contributed by atoms with E-state index in [1.54, 1.807) is 0 Å². The lowest BCUT2D eigenvalue weighted by atomic mass is 10.1. The molecule has 2 heterocycles. The number of benzene rings is 1. The summed E-state index contributed by atoms with van der Waals surface area (Å²) in [5.74, 6) is 0.542. The van der Waals surface area contributed by atoms with E-state index in [2.05, 4.69) is 10.2 Å². The van der Waals surface area contributed by atoms with E-state index in [9.17, 15) is 14.0 Å². The van der Waals surface area contributed by atoms with E-state index in [0.717, 1.165) is 51.2 Å². The van der Waals surface area contributed by atoms with Crippen LogP contribution >= 0.6 is 0 Å². The predicted molar refractivity (Wildman–Crippen MR) is 110 cm³/mol. The lowest BCUT2D eigenvalue weighted by Gasteiger charge is -2.33. The van der Waals surface area contributed by atoms with E-state index in [1.807, 2.05) is 4.90 Å². The number of likely N-dealkylation sites (tertiary alicyclic amines) is 2. The Hall–Kier alpha value is -1.95. The van der Waals surface area contributed by atoms with Crippen LogP contribution in [-0.2, 0) is 4.79 Å². The predicted octanol–water partition coefficient (Wildman–Crippen LogP) is 3.20. The molecule has 1 saturated carbocycles. The summed E-state index contributed by atoms with van der Waals surface area (Å²) in [6.45, 7) is 3.43. The Morgan fingerprint density at radius 2 is 1.66 bits per heavy atom. The first kappa shape index (κ1) is 20.3. The molecule has 1 aromatic carbocycles. The monoisotopic (exact) mass is 401 g/mol. The summed E-state index contributed by atoms with van der Waals surface area (Å²) in [4.78, 5) is 29.7. The summed E-state index contributed by atoms with van der Waals surface area (Å²) in [5.41, 5.74) is 0.481. The normalized spacial score (nSPS) is 25.2. The molecule has 29 heavy (non-hydrogen) atoms. The van der Waals surface area contributed by atoms with Crippen LogP contribution in [0.15, 0.2) is 24.3 Å². The van der Waals surface area contributed by atoms with Crippen LogP contribution in [0.25, 0.3) is 0 Å². The highest BCUT2D eigenvalue weighted by atomic mass is 19.1. The number of nitrogens with zero attached hydrogens (tertiary/aromatic N) is 2. The maximum atomic E-state index is 13.1. The van der Waals surface area contributed by atoms with E-state index in [0.29, 0.717) is 24.4 Å². The zero-order valence-electron chi connectivity index (χ0n) is 17.1. The van der Waals surface area contributed by atoms with Crippen molar-refractivity contribution in [2.75, 3.05) is 26.2 Å². The number of amides is 2. The number of hydrogen-bond donors (Lipinski definition) is 1. The van der Waals surface area contributed by atoms with Gasteiger partial charge in [0.25, 0.3) is 5.91 Å².